The van der Waals surface area contributed by atoms with Gasteiger partial charge in [0.2, 0.25) is 0 Å². The average Bonchev–Trinajstić information content (AvgIpc) is 2.36. The van der Waals surface area contributed by atoms with Crippen LogP contribution in [0.2, 0.25) is 0 Å². The maximum Gasteiger partial charge on any atom is 0.327 e. The molecule has 0 aliphatic heterocycles. The number of hydrogen-bond acceptors (Lipinski definition) is 3. The molecule has 0 bridgehead atoms. The summed E-state index contributed by atoms with van der Waals surface area (Å²) in [5.41, 5.74) is 0. The van der Waals surface area contributed by atoms with E-state index in [0.717, 1.165) is 0 Å². The fraction of sp³-hybridized carbons (Fsp3) is 0.400. The third-order valence-corrected chi connectivity index (χ3v) is 2.01. The minimum atomic E-state index is -3.88. The maximum atomic E-state index is 10.4. The fourth-order valence-corrected chi connectivity index (χ4v) is 1.09. The first-order valence-corrected chi connectivity index (χ1v) is 5.15. The Morgan fingerprint density at radius 3 is 2.92 bits per heavy atom. The third kappa shape index (κ3) is 3.52. The van der Waals surface area contributed by atoms with Crippen LogP contribution in [0.3, 0.4) is 0 Å². The van der Waals surface area contributed by atoms with Crippen LogP contribution in [0.1, 0.15) is 0 Å². The first kappa shape index (κ1) is 9.25. The number of anilines is 1. The van der Waals surface area contributed by atoms with Gasteiger partial charge in [0, 0.05) is 12.7 Å². The summed E-state index contributed by atoms with van der Waals surface area (Å²) < 4.78 is 10.4. The number of aromatic nitrogens is 2. The minimum Gasteiger partial charge on any atom is -0.368 e. The van der Waals surface area contributed by atoms with Gasteiger partial charge in [-0.2, -0.15) is 0 Å². The van der Waals surface area contributed by atoms with E-state index in [-0.39, 0.29) is 12.7 Å². The van der Waals surface area contributed by atoms with Crippen LogP contribution in [0.15, 0.2) is 12.5 Å². The lowest BCUT2D eigenvalue weighted by Crippen LogP contribution is -2.06. The number of hydrogen-bond donors (Lipinski definition) is 4. The Labute approximate surface area is 69.2 Å². The monoisotopic (exact) mass is 191 g/mol. The first-order valence-electron chi connectivity index (χ1n) is 3.35. The summed E-state index contributed by atoms with van der Waals surface area (Å²) in [4.78, 5) is 23.5. The van der Waals surface area contributed by atoms with Crippen LogP contribution in [0.5, 0.6) is 0 Å². The second-order valence-electron chi connectivity index (χ2n) is 2.27. The van der Waals surface area contributed by atoms with Crippen LogP contribution in [0.25, 0.3) is 0 Å². The molecule has 0 aromatic carbocycles. The molecule has 1 aromatic rings. The quantitative estimate of drug-likeness (QED) is 0.502. The van der Waals surface area contributed by atoms with Gasteiger partial charge in [-0.15, -0.1) is 0 Å². The Hall–Kier alpha value is -0.840. The fourth-order valence-electron chi connectivity index (χ4n) is 0.687. The molecule has 1 rings (SSSR count). The van der Waals surface area contributed by atoms with Crippen molar-refractivity contribution < 1.29 is 14.4 Å². The molecule has 0 amide bonds. The van der Waals surface area contributed by atoms with Crippen molar-refractivity contribution in [1.82, 2.24) is 9.97 Å². The van der Waals surface area contributed by atoms with Crippen molar-refractivity contribution in [1.29, 1.82) is 0 Å². The van der Waals surface area contributed by atoms with Gasteiger partial charge in [0.1, 0.15) is 5.82 Å². The lowest BCUT2D eigenvalue weighted by Gasteiger charge is -2.03. The predicted octanol–water partition coefficient (Wildman–Crippen LogP) is -0.000700. The molecule has 0 aliphatic rings. The molecule has 4 N–H and O–H groups in total. The van der Waals surface area contributed by atoms with Crippen molar-refractivity contribution in [2.45, 2.75) is 0 Å². The molecule has 0 atom stereocenters. The molecule has 0 unspecified atom stereocenters. The topological polar surface area (TPSA) is 98.2 Å². The number of nitrogens with zero attached hydrogens (tertiary/aromatic N) is 1. The van der Waals surface area contributed by atoms with E-state index in [9.17, 15) is 4.57 Å². The molecule has 0 radical (unpaired) electrons. The molecular formula is C5H10N3O3P. The first-order chi connectivity index (χ1) is 5.58. The third-order valence-electron chi connectivity index (χ3n) is 1.21. The zero-order chi connectivity index (χ0) is 9.03. The van der Waals surface area contributed by atoms with Gasteiger partial charge in [0.15, 0.2) is 0 Å². The number of aromatic amines is 1. The van der Waals surface area contributed by atoms with Crippen molar-refractivity contribution >= 4 is 13.4 Å². The molecule has 1 heterocycles. The van der Waals surface area contributed by atoms with Gasteiger partial charge < -0.3 is 20.1 Å². The summed E-state index contributed by atoms with van der Waals surface area (Å²) in [7, 11) is -3.88. The molecule has 0 fully saturated rings. The highest BCUT2D eigenvalue weighted by atomic mass is 31.2. The molecule has 68 valence electrons. The zero-order valence-electron chi connectivity index (χ0n) is 6.27. The lowest BCUT2D eigenvalue weighted by atomic mass is 10.6. The van der Waals surface area contributed by atoms with E-state index >= 15 is 0 Å². The van der Waals surface area contributed by atoms with Crippen LogP contribution in [-0.2, 0) is 4.57 Å². The molecular weight excluding hydrogens is 181 g/mol. The summed E-state index contributed by atoms with van der Waals surface area (Å²) in [6.07, 6.45) is 2.92. The van der Waals surface area contributed by atoms with E-state index in [0.29, 0.717) is 5.82 Å². The largest absolute Gasteiger partial charge is 0.368 e. The second kappa shape index (κ2) is 3.71. The predicted molar refractivity (Wildman–Crippen MR) is 44.0 cm³/mol. The number of imidazole rings is 1. The molecule has 1 aromatic heterocycles. The lowest BCUT2D eigenvalue weighted by molar-refractivity contribution is 0.374. The van der Waals surface area contributed by atoms with Gasteiger partial charge in [0.05, 0.1) is 12.5 Å². The molecule has 0 saturated heterocycles. The van der Waals surface area contributed by atoms with Crippen molar-refractivity contribution in [2.24, 2.45) is 0 Å². The van der Waals surface area contributed by atoms with Crippen molar-refractivity contribution in [2.75, 3.05) is 18.0 Å². The second-order valence-corrected chi connectivity index (χ2v) is 4.05. The average molecular weight is 191 g/mol. The van der Waals surface area contributed by atoms with Crippen LogP contribution < -0.4 is 5.32 Å². The summed E-state index contributed by atoms with van der Waals surface area (Å²) in [6, 6.07) is 0. The van der Waals surface area contributed by atoms with Gasteiger partial charge in [-0.1, -0.05) is 0 Å². The summed E-state index contributed by atoms with van der Waals surface area (Å²) in [5.74, 6) is 0.587. The van der Waals surface area contributed by atoms with Crippen molar-refractivity contribution in [3.8, 4) is 0 Å². The Kier molecular flexibility index (Phi) is 2.86. The Balaban J connectivity index is 2.24. The van der Waals surface area contributed by atoms with Crippen LogP contribution in [0, 0.1) is 0 Å². The molecule has 7 heteroatoms. The standard InChI is InChI=1S/C5H10N3O3P/c9-12(10,11)2-1-7-5-3-6-4-8-5/h3-4,7H,1-2H2,(H,6,8)(H2,9,10,11). The zero-order valence-corrected chi connectivity index (χ0v) is 7.16. The normalized spacial score (nSPS) is 11.5. The van der Waals surface area contributed by atoms with E-state index < -0.39 is 7.60 Å². The van der Waals surface area contributed by atoms with Gasteiger partial charge in [0.25, 0.3) is 0 Å². The van der Waals surface area contributed by atoms with E-state index in [1.54, 1.807) is 6.20 Å². The summed E-state index contributed by atoms with van der Waals surface area (Å²) >= 11 is 0. The van der Waals surface area contributed by atoms with Crippen molar-refractivity contribution in [3.05, 3.63) is 12.5 Å². The highest BCUT2D eigenvalue weighted by Gasteiger charge is 2.11. The maximum absolute atomic E-state index is 10.4. The van der Waals surface area contributed by atoms with E-state index in [1.165, 1.54) is 6.33 Å². The van der Waals surface area contributed by atoms with Gasteiger partial charge >= 0.3 is 7.60 Å². The summed E-state index contributed by atoms with van der Waals surface area (Å²) in [6.45, 7) is 0.217. The summed E-state index contributed by atoms with van der Waals surface area (Å²) in [5, 5.41) is 2.75. The smallest absolute Gasteiger partial charge is 0.327 e. The number of H-pyrrole nitrogens is 1. The molecule has 12 heavy (non-hydrogen) atoms. The van der Waals surface area contributed by atoms with E-state index in [4.69, 9.17) is 9.79 Å². The Morgan fingerprint density at radius 1 is 1.67 bits per heavy atom. The molecule has 6 nitrogen and oxygen atoms in total. The van der Waals surface area contributed by atoms with Crippen LogP contribution >= 0.6 is 7.60 Å². The highest BCUT2D eigenvalue weighted by Crippen LogP contribution is 2.33. The van der Waals surface area contributed by atoms with Crippen LogP contribution in [-0.4, -0.2) is 32.5 Å². The van der Waals surface area contributed by atoms with Gasteiger partial charge in [-0.05, 0) is 0 Å². The number of nitrogens with one attached hydrogen (secondary N) is 2. The molecule has 0 saturated carbocycles. The Morgan fingerprint density at radius 2 is 2.42 bits per heavy atom. The van der Waals surface area contributed by atoms with E-state index in [1.807, 2.05) is 0 Å². The van der Waals surface area contributed by atoms with Crippen molar-refractivity contribution in [3.63, 3.8) is 0 Å². The SMILES string of the molecule is O=P(O)(O)CCNc1c[nH]cn1. The molecule has 0 aliphatic carbocycles. The van der Waals surface area contributed by atoms with Gasteiger partial charge in [-0.3, -0.25) is 4.57 Å². The highest BCUT2D eigenvalue weighted by molar-refractivity contribution is 7.51. The van der Waals surface area contributed by atoms with Gasteiger partial charge in [-0.25, -0.2) is 4.98 Å². The number of rotatable bonds is 4. The van der Waals surface area contributed by atoms with Crippen LogP contribution in [0.4, 0.5) is 5.82 Å². The molecule has 0 spiro atoms. The van der Waals surface area contributed by atoms with E-state index in [2.05, 4.69) is 15.3 Å². The Bertz CT molecular complexity index is 267. The minimum absolute atomic E-state index is 0.181.